The van der Waals surface area contributed by atoms with Crippen molar-refractivity contribution in [1.29, 1.82) is 0 Å². The van der Waals surface area contributed by atoms with E-state index in [0.29, 0.717) is 31.7 Å². The van der Waals surface area contributed by atoms with E-state index in [2.05, 4.69) is 10.1 Å². The topological polar surface area (TPSA) is 74.2 Å². The van der Waals surface area contributed by atoms with Crippen LogP contribution in [0.3, 0.4) is 0 Å². The summed E-state index contributed by atoms with van der Waals surface area (Å²) in [4.78, 5) is 32.8. The van der Waals surface area contributed by atoms with Gasteiger partial charge in [0.15, 0.2) is 0 Å². The summed E-state index contributed by atoms with van der Waals surface area (Å²) in [6.07, 6.45) is 6.64. The van der Waals surface area contributed by atoms with Gasteiger partial charge in [0.2, 0.25) is 0 Å². The van der Waals surface area contributed by atoms with Crippen LogP contribution in [0.15, 0.2) is 36.7 Å². The van der Waals surface area contributed by atoms with Crippen molar-refractivity contribution in [2.24, 2.45) is 0 Å². The second-order valence-electron chi connectivity index (χ2n) is 7.52. The van der Waals surface area contributed by atoms with Gasteiger partial charge >= 0.3 is 0 Å². The highest BCUT2D eigenvalue weighted by Crippen LogP contribution is 2.22. The lowest BCUT2D eigenvalue weighted by molar-refractivity contribution is 0.0535. The summed E-state index contributed by atoms with van der Waals surface area (Å²) in [5, 5.41) is 5.32. The Morgan fingerprint density at radius 3 is 2.39 bits per heavy atom. The van der Waals surface area contributed by atoms with E-state index in [-0.39, 0.29) is 11.8 Å². The van der Waals surface area contributed by atoms with Gasteiger partial charge in [0.1, 0.15) is 0 Å². The van der Waals surface area contributed by atoms with Gasteiger partial charge in [-0.25, -0.2) is 0 Å². The summed E-state index contributed by atoms with van der Waals surface area (Å²) < 4.78 is 1.97. The first-order valence-electron chi connectivity index (χ1n) is 9.92. The molecule has 7 nitrogen and oxygen atoms in total. The molecule has 1 saturated heterocycles. The van der Waals surface area contributed by atoms with Crippen LogP contribution in [0.1, 0.15) is 39.3 Å². The number of rotatable bonds is 2. The maximum atomic E-state index is 13.0. The van der Waals surface area contributed by atoms with Crippen LogP contribution in [0.4, 0.5) is 0 Å². The molecule has 0 bridgehead atoms. The van der Waals surface area contributed by atoms with Gasteiger partial charge in [-0.2, -0.15) is 5.10 Å². The number of aromatic nitrogens is 3. The van der Waals surface area contributed by atoms with Crippen LogP contribution in [-0.2, 0) is 13.0 Å². The van der Waals surface area contributed by atoms with Crippen LogP contribution in [0.2, 0.25) is 0 Å². The maximum absolute atomic E-state index is 13.0. The van der Waals surface area contributed by atoms with E-state index < -0.39 is 0 Å². The van der Waals surface area contributed by atoms with E-state index in [0.717, 1.165) is 48.0 Å². The van der Waals surface area contributed by atoms with Crippen molar-refractivity contribution in [1.82, 2.24) is 24.6 Å². The van der Waals surface area contributed by atoms with Crippen molar-refractivity contribution in [3.05, 3.63) is 53.5 Å². The molecule has 5 rings (SSSR count). The van der Waals surface area contributed by atoms with Crippen molar-refractivity contribution >= 4 is 22.7 Å². The molecule has 144 valence electrons. The molecule has 0 atom stereocenters. The smallest absolute Gasteiger partial charge is 0.257 e. The molecule has 28 heavy (non-hydrogen) atoms. The summed E-state index contributed by atoms with van der Waals surface area (Å²) in [5.74, 6) is 0.0646. The number of benzene rings is 1. The molecule has 1 aromatic carbocycles. The molecular weight excluding hydrogens is 354 g/mol. The van der Waals surface area contributed by atoms with E-state index >= 15 is 0 Å². The number of H-pyrrole nitrogens is 1. The molecule has 0 saturated carbocycles. The summed E-state index contributed by atoms with van der Waals surface area (Å²) >= 11 is 0. The average molecular weight is 377 g/mol. The fourth-order valence-electron chi connectivity index (χ4n) is 4.30. The predicted octanol–water partition coefficient (Wildman–Crippen LogP) is 2.30. The van der Waals surface area contributed by atoms with Crippen molar-refractivity contribution in [3.8, 4) is 0 Å². The molecule has 2 aliphatic rings. The van der Waals surface area contributed by atoms with Gasteiger partial charge in [-0.05, 0) is 25.3 Å². The number of hydrogen-bond acceptors (Lipinski definition) is 3. The number of carbonyl (C=O) groups excluding carboxylic acids is 2. The number of nitrogens with zero attached hydrogens (tertiary/aromatic N) is 4. The molecule has 0 aliphatic carbocycles. The largest absolute Gasteiger partial charge is 0.360 e. The number of para-hydroxylation sites is 1. The number of fused-ring (bicyclic) bond motifs is 2. The van der Waals surface area contributed by atoms with Crippen molar-refractivity contribution in [3.63, 3.8) is 0 Å². The standard InChI is InChI=1S/C21H23N5O2/c27-20(16-13-22-18-6-2-1-5-15(16)18)24-9-11-25(12-10-24)21(28)17-14-23-26-8-4-3-7-19(17)26/h1-2,5-6,13-14,22H,3-4,7-12H2. The third-order valence-corrected chi connectivity index (χ3v) is 5.89. The molecule has 2 amide bonds. The minimum Gasteiger partial charge on any atom is -0.360 e. The zero-order valence-electron chi connectivity index (χ0n) is 15.7. The molecule has 0 unspecified atom stereocenters. The fraction of sp³-hybridized carbons (Fsp3) is 0.381. The van der Waals surface area contributed by atoms with Gasteiger partial charge in [-0.1, -0.05) is 18.2 Å². The van der Waals surface area contributed by atoms with Crippen LogP contribution >= 0.6 is 0 Å². The molecule has 3 aromatic rings. The minimum atomic E-state index is 0.0208. The van der Waals surface area contributed by atoms with Gasteiger partial charge in [0.05, 0.1) is 23.0 Å². The fourth-order valence-corrected chi connectivity index (χ4v) is 4.30. The summed E-state index contributed by atoms with van der Waals surface area (Å²) in [6, 6.07) is 7.82. The lowest BCUT2D eigenvalue weighted by atomic mass is 10.1. The summed E-state index contributed by atoms with van der Waals surface area (Å²) in [5.41, 5.74) is 3.45. The highest BCUT2D eigenvalue weighted by Gasteiger charge is 2.29. The van der Waals surface area contributed by atoms with Crippen LogP contribution < -0.4 is 0 Å². The molecule has 1 N–H and O–H groups in total. The quantitative estimate of drug-likeness (QED) is 0.745. The lowest BCUT2D eigenvalue weighted by Gasteiger charge is -2.34. The molecule has 0 radical (unpaired) electrons. The second kappa shape index (κ2) is 6.82. The van der Waals surface area contributed by atoms with Gasteiger partial charge in [0, 0.05) is 49.8 Å². The summed E-state index contributed by atoms with van der Waals surface area (Å²) in [6.45, 7) is 3.10. The Kier molecular flexibility index (Phi) is 4.15. The van der Waals surface area contributed by atoms with E-state index in [1.165, 1.54) is 0 Å². The number of hydrogen-bond donors (Lipinski definition) is 1. The normalized spacial score (nSPS) is 17.0. The molecule has 0 spiro atoms. The van der Waals surface area contributed by atoms with Gasteiger partial charge in [-0.15, -0.1) is 0 Å². The first kappa shape index (κ1) is 17.0. The second-order valence-corrected chi connectivity index (χ2v) is 7.52. The van der Waals surface area contributed by atoms with Crippen LogP contribution in [0, 0.1) is 0 Å². The number of carbonyl (C=O) groups is 2. The van der Waals surface area contributed by atoms with E-state index in [9.17, 15) is 9.59 Å². The first-order chi connectivity index (χ1) is 13.7. The Hall–Kier alpha value is -3.09. The number of piperazine rings is 1. The Bertz CT molecular complexity index is 1040. The molecule has 7 heteroatoms. The van der Waals surface area contributed by atoms with Crippen molar-refractivity contribution in [2.45, 2.75) is 25.8 Å². The minimum absolute atomic E-state index is 0.0208. The molecule has 4 heterocycles. The Labute approximate surface area is 162 Å². The average Bonchev–Trinajstić information content (AvgIpc) is 3.37. The van der Waals surface area contributed by atoms with Gasteiger partial charge < -0.3 is 14.8 Å². The first-order valence-corrected chi connectivity index (χ1v) is 9.92. The third kappa shape index (κ3) is 2.78. The van der Waals surface area contributed by atoms with E-state index in [4.69, 9.17) is 0 Å². The molecule has 1 fully saturated rings. The number of aryl methyl sites for hydroxylation is 1. The number of amides is 2. The van der Waals surface area contributed by atoms with Crippen molar-refractivity contribution in [2.75, 3.05) is 26.2 Å². The zero-order valence-corrected chi connectivity index (χ0v) is 15.7. The number of nitrogens with one attached hydrogen (secondary N) is 1. The molecule has 2 aromatic heterocycles. The highest BCUT2D eigenvalue weighted by molar-refractivity contribution is 6.06. The zero-order chi connectivity index (χ0) is 19.1. The highest BCUT2D eigenvalue weighted by atomic mass is 16.2. The maximum Gasteiger partial charge on any atom is 0.257 e. The van der Waals surface area contributed by atoms with Crippen LogP contribution in [-0.4, -0.2) is 62.6 Å². The monoisotopic (exact) mass is 377 g/mol. The summed E-state index contributed by atoms with van der Waals surface area (Å²) in [7, 11) is 0. The molecular formula is C21H23N5O2. The number of aromatic amines is 1. The lowest BCUT2D eigenvalue weighted by Crippen LogP contribution is -2.50. The van der Waals surface area contributed by atoms with Crippen molar-refractivity contribution < 1.29 is 9.59 Å². The van der Waals surface area contributed by atoms with E-state index in [1.807, 2.05) is 38.7 Å². The SMILES string of the molecule is O=C(c1cnn2c1CCCC2)N1CCN(C(=O)c2c[nH]c3ccccc23)CC1. The van der Waals surface area contributed by atoms with Crippen LogP contribution in [0.25, 0.3) is 10.9 Å². The Balaban J connectivity index is 1.28. The Morgan fingerprint density at radius 1 is 0.893 bits per heavy atom. The Morgan fingerprint density at radius 2 is 1.61 bits per heavy atom. The van der Waals surface area contributed by atoms with Gasteiger partial charge in [0.25, 0.3) is 11.8 Å². The van der Waals surface area contributed by atoms with Crippen LogP contribution in [0.5, 0.6) is 0 Å². The van der Waals surface area contributed by atoms with E-state index in [1.54, 1.807) is 12.4 Å². The molecule has 2 aliphatic heterocycles. The predicted molar refractivity (Wildman–Crippen MR) is 105 cm³/mol. The van der Waals surface area contributed by atoms with Gasteiger partial charge in [-0.3, -0.25) is 14.3 Å². The third-order valence-electron chi connectivity index (χ3n) is 5.89.